The van der Waals surface area contributed by atoms with Crippen LogP contribution in [0.2, 0.25) is 0 Å². The summed E-state index contributed by atoms with van der Waals surface area (Å²) >= 11 is 0. The zero-order valence-electron chi connectivity index (χ0n) is 13.0. The van der Waals surface area contributed by atoms with E-state index in [-0.39, 0.29) is 6.04 Å². The number of rotatable bonds is 3. The van der Waals surface area contributed by atoms with E-state index in [1.54, 1.807) is 7.11 Å². The van der Waals surface area contributed by atoms with Crippen LogP contribution >= 0.6 is 0 Å². The van der Waals surface area contributed by atoms with E-state index in [4.69, 9.17) is 4.74 Å². The Morgan fingerprint density at radius 1 is 0.955 bits per heavy atom. The van der Waals surface area contributed by atoms with Gasteiger partial charge in [0.25, 0.3) is 0 Å². The SMILES string of the molecule is COc1ccc(C#CC(c2ccccc2)N2CCCC2)cc1. The molecule has 1 aliphatic rings. The van der Waals surface area contributed by atoms with E-state index in [1.807, 2.05) is 24.3 Å². The van der Waals surface area contributed by atoms with Crippen molar-refractivity contribution in [3.05, 3.63) is 65.7 Å². The van der Waals surface area contributed by atoms with Crippen molar-refractivity contribution in [1.82, 2.24) is 4.90 Å². The largest absolute Gasteiger partial charge is 0.497 e. The van der Waals surface area contributed by atoms with Crippen molar-refractivity contribution in [2.45, 2.75) is 18.9 Å². The first kappa shape index (κ1) is 14.7. The van der Waals surface area contributed by atoms with Crippen LogP contribution in [0, 0.1) is 11.8 Å². The second-order valence-corrected chi connectivity index (χ2v) is 5.55. The maximum atomic E-state index is 5.19. The summed E-state index contributed by atoms with van der Waals surface area (Å²) < 4.78 is 5.19. The maximum absolute atomic E-state index is 5.19. The molecule has 0 bridgehead atoms. The number of hydrogen-bond acceptors (Lipinski definition) is 2. The van der Waals surface area contributed by atoms with Gasteiger partial charge in [-0.15, -0.1) is 0 Å². The molecule has 1 saturated heterocycles. The van der Waals surface area contributed by atoms with Crippen molar-refractivity contribution in [3.8, 4) is 17.6 Å². The van der Waals surface area contributed by atoms with E-state index >= 15 is 0 Å². The van der Waals surface area contributed by atoms with Gasteiger partial charge >= 0.3 is 0 Å². The van der Waals surface area contributed by atoms with Crippen LogP contribution in [0.1, 0.15) is 30.0 Å². The quantitative estimate of drug-likeness (QED) is 0.796. The molecule has 2 aromatic carbocycles. The Labute approximate surface area is 132 Å². The monoisotopic (exact) mass is 291 g/mol. The zero-order chi connectivity index (χ0) is 15.2. The highest BCUT2D eigenvalue weighted by molar-refractivity contribution is 5.40. The molecule has 0 spiro atoms. The zero-order valence-corrected chi connectivity index (χ0v) is 13.0. The van der Waals surface area contributed by atoms with Crippen LogP contribution in [-0.2, 0) is 0 Å². The summed E-state index contributed by atoms with van der Waals surface area (Å²) in [6.07, 6.45) is 2.54. The van der Waals surface area contributed by atoms with Gasteiger partial charge in [-0.2, -0.15) is 0 Å². The Bertz CT molecular complexity index is 646. The standard InChI is InChI=1S/C20H21NO/c1-22-19-12-9-17(10-13-19)11-14-20(21-15-5-6-16-21)18-7-3-2-4-8-18/h2-4,7-10,12-13,20H,5-6,15-16H2,1H3. The molecule has 2 aromatic rings. The van der Waals surface area contributed by atoms with Gasteiger partial charge in [0.1, 0.15) is 5.75 Å². The van der Waals surface area contributed by atoms with Crippen LogP contribution in [-0.4, -0.2) is 25.1 Å². The summed E-state index contributed by atoms with van der Waals surface area (Å²) in [6, 6.07) is 18.7. The third kappa shape index (κ3) is 3.50. The predicted molar refractivity (Wildman–Crippen MR) is 89.9 cm³/mol. The molecule has 22 heavy (non-hydrogen) atoms. The lowest BCUT2D eigenvalue weighted by Gasteiger charge is -2.23. The Morgan fingerprint density at radius 3 is 2.27 bits per heavy atom. The fourth-order valence-corrected chi connectivity index (χ4v) is 2.85. The highest BCUT2D eigenvalue weighted by Gasteiger charge is 2.21. The van der Waals surface area contributed by atoms with Gasteiger partial charge in [0.2, 0.25) is 0 Å². The average molecular weight is 291 g/mol. The normalized spacial score (nSPS) is 15.9. The van der Waals surface area contributed by atoms with Crippen LogP contribution in [0.4, 0.5) is 0 Å². The molecule has 2 heteroatoms. The number of likely N-dealkylation sites (tertiary alicyclic amines) is 1. The maximum Gasteiger partial charge on any atom is 0.118 e. The van der Waals surface area contributed by atoms with Gasteiger partial charge in [0.15, 0.2) is 0 Å². The lowest BCUT2D eigenvalue weighted by molar-refractivity contribution is 0.296. The third-order valence-electron chi connectivity index (χ3n) is 4.06. The first-order valence-corrected chi connectivity index (χ1v) is 7.81. The smallest absolute Gasteiger partial charge is 0.118 e. The van der Waals surface area contributed by atoms with Crippen molar-refractivity contribution in [2.75, 3.05) is 20.2 Å². The van der Waals surface area contributed by atoms with E-state index in [9.17, 15) is 0 Å². The number of ether oxygens (including phenoxy) is 1. The predicted octanol–water partition coefficient (Wildman–Crippen LogP) is 3.88. The van der Waals surface area contributed by atoms with Crippen molar-refractivity contribution < 1.29 is 4.74 Å². The summed E-state index contributed by atoms with van der Waals surface area (Å²) in [4.78, 5) is 2.48. The fraction of sp³-hybridized carbons (Fsp3) is 0.300. The lowest BCUT2D eigenvalue weighted by atomic mass is 10.1. The van der Waals surface area contributed by atoms with Gasteiger partial charge < -0.3 is 4.74 Å². The first-order chi connectivity index (χ1) is 10.9. The summed E-state index contributed by atoms with van der Waals surface area (Å²) in [5.74, 6) is 7.66. The molecule has 0 N–H and O–H groups in total. The average Bonchev–Trinajstić information content (AvgIpc) is 3.11. The minimum Gasteiger partial charge on any atom is -0.497 e. The van der Waals surface area contributed by atoms with Crippen molar-refractivity contribution in [2.24, 2.45) is 0 Å². The van der Waals surface area contributed by atoms with Gasteiger partial charge in [-0.05, 0) is 55.8 Å². The Hall–Kier alpha value is -2.24. The Balaban J connectivity index is 1.85. The summed E-state index contributed by atoms with van der Waals surface area (Å²) in [5.41, 5.74) is 2.31. The van der Waals surface area contributed by atoms with E-state index < -0.39 is 0 Å². The Kier molecular flexibility index (Phi) is 4.78. The van der Waals surface area contributed by atoms with E-state index in [0.29, 0.717) is 0 Å². The summed E-state index contributed by atoms with van der Waals surface area (Å²) in [7, 11) is 1.68. The van der Waals surface area contributed by atoms with Crippen LogP contribution in [0.3, 0.4) is 0 Å². The van der Waals surface area contributed by atoms with E-state index in [1.165, 1.54) is 18.4 Å². The molecule has 1 heterocycles. The van der Waals surface area contributed by atoms with E-state index in [2.05, 4.69) is 47.1 Å². The number of benzene rings is 2. The molecule has 0 radical (unpaired) electrons. The molecule has 0 amide bonds. The topological polar surface area (TPSA) is 12.5 Å². The van der Waals surface area contributed by atoms with Crippen molar-refractivity contribution in [1.29, 1.82) is 0 Å². The lowest BCUT2D eigenvalue weighted by Crippen LogP contribution is -2.24. The highest BCUT2D eigenvalue weighted by atomic mass is 16.5. The molecule has 0 aromatic heterocycles. The van der Waals surface area contributed by atoms with Crippen molar-refractivity contribution in [3.63, 3.8) is 0 Å². The first-order valence-electron chi connectivity index (χ1n) is 7.81. The highest BCUT2D eigenvalue weighted by Crippen LogP contribution is 2.24. The van der Waals surface area contributed by atoms with Crippen LogP contribution < -0.4 is 4.74 Å². The minimum absolute atomic E-state index is 0.186. The van der Waals surface area contributed by atoms with E-state index in [0.717, 1.165) is 24.4 Å². The molecule has 1 atom stereocenters. The second kappa shape index (κ2) is 7.15. The molecular formula is C20H21NO. The summed E-state index contributed by atoms with van der Waals surface area (Å²) in [6.45, 7) is 2.27. The van der Waals surface area contributed by atoms with Gasteiger partial charge in [0, 0.05) is 5.56 Å². The fourth-order valence-electron chi connectivity index (χ4n) is 2.85. The molecular weight excluding hydrogens is 270 g/mol. The van der Waals surface area contributed by atoms with Gasteiger partial charge in [0.05, 0.1) is 13.2 Å². The molecule has 1 unspecified atom stereocenters. The third-order valence-corrected chi connectivity index (χ3v) is 4.06. The molecule has 0 saturated carbocycles. The van der Waals surface area contributed by atoms with Crippen LogP contribution in [0.25, 0.3) is 0 Å². The molecule has 1 aliphatic heterocycles. The van der Waals surface area contributed by atoms with Gasteiger partial charge in [-0.1, -0.05) is 42.2 Å². The van der Waals surface area contributed by atoms with Gasteiger partial charge in [-0.3, -0.25) is 4.90 Å². The molecule has 2 nitrogen and oxygen atoms in total. The number of hydrogen-bond donors (Lipinski definition) is 0. The van der Waals surface area contributed by atoms with Crippen LogP contribution in [0.5, 0.6) is 5.75 Å². The Morgan fingerprint density at radius 2 is 1.64 bits per heavy atom. The van der Waals surface area contributed by atoms with Gasteiger partial charge in [-0.25, -0.2) is 0 Å². The number of nitrogens with zero attached hydrogens (tertiary/aromatic N) is 1. The second-order valence-electron chi connectivity index (χ2n) is 5.55. The minimum atomic E-state index is 0.186. The molecule has 1 fully saturated rings. The van der Waals surface area contributed by atoms with Crippen molar-refractivity contribution >= 4 is 0 Å². The number of methoxy groups -OCH3 is 1. The molecule has 0 aliphatic carbocycles. The molecule has 112 valence electrons. The summed E-state index contributed by atoms with van der Waals surface area (Å²) in [5, 5.41) is 0. The van der Waals surface area contributed by atoms with Crippen LogP contribution in [0.15, 0.2) is 54.6 Å². The molecule has 3 rings (SSSR count).